The summed E-state index contributed by atoms with van der Waals surface area (Å²) in [6.07, 6.45) is 6.15. The zero-order valence-corrected chi connectivity index (χ0v) is 13.8. The topological polar surface area (TPSA) is 58.6 Å². The van der Waals surface area contributed by atoms with Crippen LogP contribution in [-0.4, -0.2) is 31.5 Å². The Morgan fingerprint density at radius 2 is 1.86 bits per heavy atom. The van der Waals surface area contributed by atoms with Crippen LogP contribution >= 0.6 is 0 Å². The molecule has 0 aromatic heterocycles. The molecule has 22 heavy (non-hydrogen) atoms. The number of hydrogen-bond donors (Lipinski definition) is 2. The van der Waals surface area contributed by atoms with Crippen molar-refractivity contribution in [3.8, 4) is 0 Å². The number of nitrogens with one attached hydrogen (secondary N) is 1. The van der Waals surface area contributed by atoms with Gasteiger partial charge in [0.2, 0.25) is 0 Å². The van der Waals surface area contributed by atoms with Crippen LogP contribution in [0.15, 0.2) is 30.3 Å². The number of aliphatic hydroxyl groups is 1. The van der Waals surface area contributed by atoms with Gasteiger partial charge in [0.15, 0.2) is 0 Å². The van der Waals surface area contributed by atoms with Crippen LogP contribution in [0, 0.1) is 0 Å². The lowest BCUT2D eigenvalue weighted by atomic mass is 9.76. The van der Waals surface area contributed by atoms with Gasteiger partial charge < -0.3 is 9.84 Å². The van der Waals surface area contributed by atoms with Crippen molar-refractivity contribution in [1.29, 1.82) is 0 Å². The number of aliphatic hydroxyl groups excluding tert-OH is 1. The molecule has 0 radical (unpaired) electrons. The van der Waals surface area contributed by atoms with Crippen molar-refractivity contribution in [2.75, 3.05) is 20.4 Å². The Labute approximate surface area is 133 Å². The standard InChI is InChI=1S/C18H29NO3/c1-3-4-5-6-10-13-18(14-20,17(21)22-15-19-2)16-11-8-7-9-12-16/h7-9,11-12,19-20H,3-6,10,13-15H2,1-2H3. The maximum Gasteiger partial charge on any atom is 0.320 e. The van der Waals surface area contributed by atoms with E-state index in [0.717, 1.165) is 18.4 Å². The Morgan fingerprint density at radius 3 is 2.45 bits per heavy atom. The number of benzene rings is 1. The Hall–Kier alpha value is -1.39. The summed E-state index contributed by atoms with van der Waals surface area (Å²) >= 11 is 0. The molecule has 0 spiro atoms. The summed E-state index contributed by atoms with van der Waals surface area (Å²) in [7, 11) is 1.72. The third-order valence-electron chi connectivity index (χ3n) is 4.04. The predicted octanol–water partition coefficient (Wildman–Crippen LogP) is 3.00. The van der Waals surface area contributed by atoms with Crippen LogP contribution in [0.25, 0.3) is 0 Å². The fraction of sp³-hybridized carbons (Fsp3) is 0.611. The Morgan fingerprint density at radius 1 is 1.18 bits per heavy atom. The van der Waals surface area contributed by atoms with Crippen molar-refractivity contribution >= 4 is 5.97 Å². The van der Waals surface area contributed by atoms with Gasteiger partial charge in [0.05, 0.1) is 6.61 Å². The molecule has 0 aliphatic heterocycles. The molecular weight excluding hydrogens is 278 g/mol. The fourth-order valence-electron chi connectivity index (χ4n) is 2.66. The molecule has 0 amide bonds. The Balaban J connectivity index is 2.85. The zero-order valence-electron chi connectivity index (χ0n) is 13.8. The Bertz CT molecular complexity index is 422. The van der Waals surface area contributed by atoms with Gasteiger partial charge in [0.25, 0.3) is 0 Å². The number of carbonyl (C=O) groups is 1. The summed E-state index contributed by atoms with van der Waals surface area (Å²) in [6, 6.07) is 9.47. The number of unbranched alkanes of at least 4 members (excludes halogenated alkanes) is 4. The summed E-state index contributed by atoms with van der Waals surface area (Å²) < 4.78 is 5.27. The van der Waals surface area contributed by atoms with Gasteiger partial charge in [-0.1, -0.05) is 69.4 Å². The first kappa shape index (κ1) is 18.7. The average molecular weight is 307 g/mol. The number of carbonyl (C=O) groups excluding carboxylic acids is 1. The molecule has 0 bridgehead atoms. The maximum absolute atomic E-state index is 12.6. The molecular formula is C18H29NO3. The summed E-state index contributed by atoms with van der Waals surface area (Å²) in [5.41, 5.74) is -0.126. The molecule has 0 saturated heterocycles. The summed E-state index contributed by atoms with van der Waals surface area (Å²) in [5, 5.41) is 12.8. The molecule has 0 aliphatic carbocycles. The zero-order chi connectivity index (χ0) is 16.3. The fourth-order valence-corrected chi connectivity index (χ4v) is 2.66. The summed E-state index contributed by atoms with van der Waals surface area (Å²) in [6.45, 7) is 2.10. The Kier molecular flexibility index (Phi) is 8.78. The first-order chi connectivity index (χ1) is 10.7. The van der Waals surface area contributed by atoms with E-state index < -0.39 is 5.41 Å². The molecule has 4 nitrogen and oxygen atoms in total. The first-order valence-corrected chi connectivity index (χ1v) is 8.19. The van der Waals surface area contributed by atoms with Crippen LogP contribution in [0.1, 0.15) is 51.0 Å². The summed E-state index contributed by atoms with van der Waals surface area (Å²) in [4.78, 5) is 12.6. The highest BCUT2D eigenvalue weighted by atomic mass is 16.5. The third-order valence-corrected chi connectivity index (χ3v) is 4.04. The molecule has 1 aromatic rings. The molecule has 0 fully saturated rings. The van der Waals surface area contributed by atoms with Crippen LogP contribution in [-0.2, 0) is 14.9 Å². The molecule has 124 valence electrons. The van der Waals surface area contributed by atoms with E-state index in [-0.39, 0.29) is 19.3 Å². The van der Waals surface area contributed by atoms with Gasteiger partial charge in [0.1, 0.15) is 12.1 Å². The SMILES string of the molecule is CCCCCCCC(CO)(C(=O)OCNC)c1ccccc1. The number of rotatable bonds is 11. The minimum absolute atomic E-state index is 0.156. The number of hydrogen-bond acceptors (Lipinski definition) is 4. The van der Waals surface area contributed by atoms with E-state index >= 15 is 0 Å². The van der Waals surface area contributed by atoms with Crippen LogP contribution in [0.3, 0.4) is 0 Å². The molecule has 4 heteroatoms. The van der Waals surface area contributed by atoms with E-state index in [1.807, 2.05) is 30.3 Å². The van der Waals surface area contributed by atoms with Crippen molar-refractivity contribution in [1.82, 2.24) is 5.32 Å². The van der Waals surface area contributed by atoms with E-state index in [4.69, 9.17) is 4.74 Å². The van der Waals surface area contributed by atoms with Crippen molar-refractivity contribution in [3.05, 3.63) is 35.9 Å². The lowest BCUT2D eigenvalue weighted by Crippen LogP contribution is -2.42. The van der Waals surface area contributed by atoms with Gasteiger partial charge in [-0.3, -0.25) is 10.1 Å². The van der Waals surface area contributed by atoms with Gasteiger partial charge in [0, 0.05) is 0 Å². The highest BCUT2D eigenvalue weighted by Crippen LogP contribution is 2.31. The van der Waals surface area contributed by atoms with E-state index in [0.29, 0.717) is 6.42 Å². The van der Waals surface area contributed by atoms with Crippen LogP contribution in [0.2, 0.25) is 0 Å². The summed E-state index contributed by atoms with van der Waals surface area (Å²) in [5.74, 6) is -0.356. The molecule has 1 aromatic carbocycles. The van der Waals surface area contributed by atoms with Crippen LogP contribution in [0.4, 0.5) is 0 Å². The molecule has 1 atom stereocenters. The normalized spacial score (nSPS) is 13.6. The van der Waals surface area contributed by atoms with Gasteiger partial charge >= 0.3 is 5.97 Å². The second-order valence-corrected chi connectivity index (χ2v) is 5.70. The van der Waals surface area contributed by atoms with Gasteiger partial charge in [-0.05, 0) is 19.0 Å². The molecule has 0 saturated carbocycles. The van der Waals surface area contributed by atoms with E-state index in [1.165, 1.54) is 19.3 Å². The van der Waals surface area contributed by atoms with Crippen LogP contribution < -0.4 is 5.32 Å². The monoisotopic (exact) mass is 307 g/mol. The molecule has 1 rings (SSSR count). The smallest absolute Gasteiger partial charge is 0.320 e. The average Bonchev–Trinajstić information content (AvgIpc) is 2.57. The van der Waals surface area contributed by atoms with Crippen LogP contribution in [0.5, 0.6) is 0 Å². The second-order valence-electron chi connectivity index (χ2n) is 5.70. The van der Waals surface area contributed by atoms with Gasteiger partial charge in [-0.15, -0.1) is 0 Å². The second kappa shape index (κ2) is 10.4. The molecule has 2 N–H and O–H groups in total. The molecule has 0 heterocycles. The first-order valence-electron chi connectivity index (χ1n) is 8.19. The van der Waals surface area contributed by atoms with Gasteiger partial charge in [-0.2, -0.15) is 0 Å². The minimum Gasteiger partial charge on any atom is -0.449 e. The van der Waals surface area contributed by atoms with E-state index in [1.54, 1.807) is 7.05 Å². The highest BCUT2D eigenvalue weighted by molar-refractivity contribution is 5.83. The van der Waals surface area contributed by atoms with Crippen molar-refractivity contribution in [2.45, 2.75) is 50.9 Å². The van der Waals surface area contributed by atoms with Crippen molar-refractivity contribution in [3.63, 3.8) is 0 Å². The van der Waals surface area contributed by atoms with Gasteiger partial charge in [-0.25, -0.2) is 0 Å². The highest BCUT2D eigenvalue weighted by Gasteiger charge is 2.40. The van der Waals surface area contributed by atoms with Crippen molar-refractivity contribution < 1.29 is 14.6 Å². The minimum atomic E-state index is -0.954. The lowest BCUT2D eigenvalue weighted by molar-refractivity contribution is -0.153. The van der Waals surface area contributed by atoms with E-state index in [9.17, 15) is 9.90 Å². The lowest BCUT2D eigenvalue weighted by Gasteiger charge is -2.30. The van der Waals surface area contributed by atoms with Crippen molar-refractivity contribution in [2.24, 2.45) is 0 Å². The molecule has 1 unspecified atom stereocenters. The number of ether oxygens (including phenoxy) is 1. The quantitative estimate of drug-likeness (QED) is 0.375. The van der Waals surface area contributed by atoms with E-state index in [2.05, 4.69) is 12.2 Å². The molecule has 0 aliphatic rings. The number of esters is 1. The predicted molar refractivity (Wildman–Crippen MR) is 88.6 cm³/mol. The third kappa shape index (κ3) is 5.11. The largest absolute Gasteiger partial charge is 0.449 e. The maximum atomic E-state index is 12.6.